The van der Waals surface area contributed by atoms with Crippen LogP contribution in [0.2, 0.25) is 0 Å². The Hall–Kier alpha value is -1.62. The van der Waals surface area contributed by atoms with Gasteiger partial charge in [-0.05, 0) is 53.9 Å². The molecule has 0 saturated carbocycles. The van der Waals surface area contributed by atoms with Gasteiger partial charge in [0.2, 0.25) is 0 Å². The van der Waals surface area contributed by atoms with Crippen molar-refractivity contribution in [2.24, 2.45) is 0 Å². The lowest BCUT2D eigenvalue weighted by atomic mass is 10.2. The third-order valence-corrected chi connectivity index (χ3v) is 3.19. The molecule has 1 aromatic carbocycles. The highest BCUT2D eigenvalue weighted by atomic mass is 79.9. The number of esters is 1. The van der Waals surface area contributed by atoms with Crippen molar-refractivity contribution in [1.29, 1.82) is 0 Å². The zero-order chi connectivity index (χ0) is 15.1. The number of anilines is 1. The Balaban J connectivity index is 2.61. The summed E-state index contributed by atoms with van der Waals surface area (Å²) >= 11 is 3.38. The molecule has 20 heavy (non-hydrogen) atoms. The lowest BCUT2D eigenvalue weighted by Crippen LogP contribution is -2.29. The molecule has 5 heteroatoms. The van der Waals surface area contributed by atoms with Crippen molar-refractivity contribution in [1.82, 2.24) is 0 Å². The molecule has 0 unspecified atom stereocenters. The average molecular weight is 340 g/mol. The van der Waals surface area contributed by atoms with Crippen LogP contribution in [0.25, 0.3) is 0 Å². The summed E-state index contributed by atoms with van der Waals surface area (Å²) in [7, 11) is 0. The van der Waals surface area contributed by atoms with Crippen LogP contribution in [-0.2, 0) is 14.3 Å². The molecule has 108 valence electrons. The molecule has 0 bridgehead atoms. The molecule has 0 aliphatic rings. The number of benzene rings is 1. The number of carbonyl (C=O) groups excluding carboxylic acids is 2. The van der Waals surface area contributed by atoms with Gasteiger partial charge in [-0.15, -0.1) is 0 Å². The first-order valence-corrected chi connectivity index (χ1v) is 7.17. The molecule has 1 amide bonds. The number of halogens is 1. The van der Waals surface area contributed by atoms with Crippen LogP contribution in [0.1, 0.15) is 25.8 Å². The summed E-state index contributed by atoms with van der Waals surface area (Å²) in [6.07, 6.45) is 2.90. The zero-order valence-corrected chi connectivity index (χ0v) is 13.4. The number of hydrogen-bond donors (Lipinski definition) is 1. The minimum atomic E-state index is -0.850. The fourth-order valence-corrected chi connectivity index (χ4v) is 2.03. The maximum atomic E-state index is 11.9. The summed E-state index contributed by atoms with van der Waals surface area (Å²) in [4.78, 5) is 23.3. The zero-order valence-electron chi connectivity index (χ0n) is 11.8. The van der Waals surface area contributed by atoms with Crippen LogP contribution in [0.4, 0.5) is 5.69 Å². The Labute approximate surface area is 127 Å². The molecule has 4 nitrogen and oxygen atoms in total. The number of amides is 1. The van der Waals surface area contributed by atoms with E-state index in [1.807, 2.05) is 26.0 Å². The van der Waals surface area contributed by atoms with Crippen LogP contribution in [0, 0.1) is 6.92 Å². The molecule has 0 radical (unpaired) electrons. The minimum absolute atomic E-state index is 0.368. The van der Waals surface area contributed by atoms with Crippen molar-refractivity contribution < 1.29 is 14.3 Å². The van der Waals surface area contributed by atoms with E-state index in [4.69, 9.17) is 4.74 Å². The van der Waals surface area contributed by atoms with E-state index in [0.29, 0.717) is 5.69 Å². The molecule has 0 aliphatic carbocycles. The second kappa shape index (κ2) is 7.85. The van der Waals surface area contributed by atoms with Crippen molar-refractivity contribution in [3.8, 4) is 0 Å². The number of rotatable bonds is 5. The number of hydrogen-bond acceptors (Lipinski definition) is 3. The summed E-state index contributed by atoms with van der Waals surface area (Å²) in [6.45, 7) is 5.41. The smallest absolute Gasteiger partial charge is 0.331 e. The summed E-state index contributed by atoms with van der Waals surface area (Å²) in [5, 5.41) is 2.71. The Bertz CT molecular complexity index is 526. The molecule has 0 aliphatic heterocycles. The van der Waals surface area contributed by atoms with Gasteiger partial charge in [-0.3, -0.25) is 4.79 Å². The fraction of sp³-hybridized carbons (Fsp3) is 0.333. The first-order chi connectivity index (χ1) is 9.43. The van der Waals surface area contributed by atoms with Gasteiger partial charge >= 0.3 is 5.97 Å². The van der Waals surface area contributed by atoms with Crippen LogP contribution >= 0.6 is 15.9 Å². The van der Waals surface area contributed by atoms with Crippen LogP contribution in [0.3, 0.4) is 0 Å². The molecule has 0 fully saturated rings. The Morgan fingerprint density at radius 2 is 2.15 bits per heavy atom. The second-order valence-corrected chi connectivity index (χ2v) is 5.22. The van der Waals surface area contributed by atoms with E-state index >= 15 is 0 Å². The first-order valence-electron chi connectivity index (χ1n) is 6.38. The number of ether oxygens (including phenoxy) is 1. The van der Waals surface area contributed by atoms with E-state index in [-0.39, 0.29) is 5.91 Å². The van der Waals surface area contributed by atoms with Gasteiger partial charge in [-0.2, -0.15) is 0 Å². The van der Waals surface area contributed by atoms with E-state index in [1.165, 1.54) is 13.0 Å². The summed E-state index contributed by atoms with van der Waals surface area (Å²) < 4.78 is 5.78. The predicted molar refractivity (Wildman–Crippen MR) is 82.5 cm³/mol. The summed E-state index contributed by atoms with van der Waals surface area (Å²) in [5.41, 5.74) is 1.73. The van der Waals surface area contributed by atoms with Crippen LogP contribution in [0.15, 0.2) is 34.8 Å². The van der Waals surface area contributed by atoms with Gasteiger partial charge in [0.1, 0.15) is 0 Å². The average Bonchev–Trinajstić information content (AvgIpc) is 2.39. The van der Waals surface area contributed by atoms with Crippen molar-refractivity contribution in [3.63, 3.8) is 0 Å². The van der Waals surface area contributed by atoms with E-state index in [0.717, 1.165) is 16.5 Å². The maximum Gasteiger partial charge on any atom is 0.331 e. The normalized spacial score (nSPS) is 12.2. The third-order valence-electron chi connectivity index (χ3n) is 2.53. The maximum absolute atomic E-state index is 11.9. The highest BCUT2D eigenvalue weighted by molar-refractivity contribution is 9.10. The lowest BCUT2D eigenvalue weighted by molar-refractivity contribution is -0.148. The number of aryl methyl sites for hydroxylation is 1. The molecule has 1 atom stereocenters. The molecule has 0 heterocycles. The van der Waals surface area contributed by atoms with Gasteiger partial charge in [-0.1, -0.05) is 19.1 Å². The molecule has 1 rings (SSSR count). The molecule has 0 saturated heterocycles. The van der Waals surface area contributed by atoms with Gasteiger partial charge in [0.25, 0.3) is 5.91 Å². The molecule has 0 aromatic heterocycles. The quantitative estimate of drug-likeness (QED) is 0.658. The van der Waals surface area contributed by atoms with Crippen LogP contribution in [-0.4, -0.2) is 18.0 Å². The van der Waals surface area contributed by atoms with Gasteiger partial charge in [-0.25, -0.2) is 4.79 Å². The van der Waals surface area contributed by atoms with Crippen molar-refractivity contribution in [3.05, 3.63) is 40.4 Å². The molecular weight excluding hydrogens is 322 g/mol. The van der Waals surface area contributed by atoms with Gasteiger partial charge in [0, 0.05) is 10.5 Å². The van der Waals surface area contributed by atoms with Crippen LogP contribution < -0.4 is 5.32 Å². The second-order valence-electron chi connectivity index (χ2n) is 4.36. The summed E-state index contributed by atoms with van der Waals surface area (Å²) in [6, 6.07) is 5.58. The Kier molecular flexibility index (Phi) is 6.45. The lowest BCUT2D eigenvalue weighted by Gasteiger charge is -2.13. The Morgan fingerprint density at radius 1 is 1.45 bits per heavy atom. The topological polar surface area (TPSA) is 55.4 Å². The van der Waals surface area contributed by atoms with E-state index in [2.05, 4.69) is 21.2 Å². The SMILES string of the molecule is CC/C=C/C(=O)O[C@@H](C)C(=O)Nc1ccc(C)cc1Br. The van der Waals surface area contributed by atoms with E-state index in [9.17, 15) is 9.59 Å². The largest absolute Gasteiger partial charge is 0.449 e. The molecule has 1 N–H and O–H groups in total. The number of nitrogens with one attached hydrogen (secondary N) is 1. The van der Waals surface area contributed by atoms with Gasteiger partial charge in [0.05, 0.1) is 5.69 Å². The first kappa shape index (κ1) is 16.4. The van der Waals surface area contributed by atoms with Crippen molar-refractivity contribution in [2.75, 3.05) is 5.32 Å². The van der Waals surface area contributed by atoms with E-state index < -0.39 is 12.1 Å². The standard InChI is InChI=1S/C15H18BrNO3/c1-4-5-6-14(18)20-11(3)15(19)17-13-8-7-10(2)9-12(13)16/h5-9,11H,4H2,1-3H3,(H,17,19)/b6-5+/t11-/m0/s1. The molecule has 0 spiro atoms. The highest BCUT2D eigenvalue weighted by Gasteiger charge is 2.17. The third kappa shape index (κ3) is 5.17. The van der Waals surface area contributed by atoms with Crippen molar-refractivity contribution in [2.45, 2.75) is 33.3 Å². The van der Waals surface area contributed by atoms with Crippen molar-refractivity contribution >= 4 is 33.5 Å². The number of allylic oxidation sites excluding steroid dienone is 1. The molecule has 1 aromatic rings. The monoisotopic (exact) mass is 339 g/mol. The predicted octanol–water partition coefficient (Wildman–Crippen LogP) is 3.59. The highest BCUT2D eigenvalue weighted by Crippen LogP contribution is 2.23. The molecular formula is C15H18BrNO3. The Morgan fingerprint density at radius 3 is 2.75 bits per heavy atom. The minimum Gasteiger partial charge on any atom is -0.449 e. The van der Waals surface area contributed by atoms with Gasteiger partial charge < -0.3 is 10.1 Å². The van der Waals surface area contributed by atoms with E-state index in [1.54, 1.807) is 12.1 Å². The van der Waals surface area contributed by atoms with Gasteiger partial charge in [0.15, 0.2) is 6.10 Å². The summed E-state index contributed by atoms with van der Waals surface area (Å²) in [5.74, 6) is -0.884. The van der Waals surface area contributed by atoms with Crippen LogP contribution in [0.5, 0.6) is 0 Å². The fourth-order valence-electron chi connectivity index (χ4n) is 1.44. The number of carbonyl (C=O) groups is 2.